The lowest BCUT2D eigenvalue weighted by Gasteiger charge is -2.06. The first-order valence-electron chi connectivity index (χ1n) is 8.80. The molecular formula is C20H20N4O4S. The summed E-state index contributed by atoms with van der Waals surface area (Å²) < 4.78 is 11.1. The number of benzene rings is 2. The van der Waals surface area contributed by atoms with E-state index in [0.717, 1.165) is 23.1 Å². The molecule has 3 aromatic rings. The number of aryl methyl sites for hydroxylation is 1. The van der Waals surface area contributed by atoms with Gasteiger partial charge in [-0.05, 0) is 42.8 Å². The van der Waals surface area contributed by atoms with Crippen LogP contribution in [-0.2, 0) is 11.4 Å². The Morgan fingerprint density at radius 1 is 1.14 bits per heavy atom. The number of carbonyl (C=O) groups is 2. The zero-order valence-electron chi connectivity index (χ0n) is 16.0. The third-order valence-electron chi connectivity index (χ3n) is 3.76. The molecule has 2 amide bonds. The second kappa shape index (κ2) is 9.74. The Bertz CT molecular complexity index is 1010. The Labute approximate surface area is 172 Å². The van der Waals surface area contributed by atoms with Crippen molar-refractivity contribution in [3.05, 3.63) is 65.5 Å². The quantitative estimate of drug-likeness (QED) is 0.548. The van der Waals surface area contributed by atoms with Gasteiger partial charge in [0.25, 0.3) is 17.0 Å². The van der Waals surface area contributed by atoms with Gasteiger partial charge in [0, 0.05) is 18.3 Å². The first kappa shape index (κ1) is 20.4. The van der Waals surface area contributed by atoms with Crippen LogP contribution in [0.4, 0.5) is 5.69 Å². The summed E-state index contributed by atoms with van der Waals surface area (Å²) in [7, 11) is 1.55. The van der Waals surface area contributed by atoms with Crippen LogP contribution in [0.15, 0.2) is 58.2 Å². The van der Waals surface area contributed by atoms with E-state index < -0.39 is 0 Å². The molecule has 1 heterocycles. The fraction of sp³-hybridized carbons (Fsp3) is 0.200. The number of rotatable bonds is 8. The molecule has 0 saturated carbocycles. The average molecular weight is 412 g/mol. The topological polar surface area (TPSA) is 106 Å². The molecule has 0 spiro atoms. The summed E-state index contributed by atoms with van der Waals surface area (Å²) in [5.41, 5.74) is 2.10. The molecule has 2 aromatic carbocycles. The van der Waals surface area contributed by atoms with Crippen molar-refractivity contribution in [2.45, 2.75) is 18.8 Å². The van der Waals surface area contributed by atoms with Crippen LogP contribution in [0.25, 0.3) is 0 Å². The van der Waals surface area contributed by atoms with Crippen LogP contribution < -0.4 is 15.4 Å². The Morgan fingerprint density at radius 3 is 2.76 bits per heavy atom. The lowest BCUT2D eigenvalue weighted by Crippen LogP contribution is -2.18. The highest BCUT2D eigenvalue weighted by Gasteiger charge is 2.11. The Balaban J connectivity index is 1.48. The number of ether oxygens (including phenoxy) is 1. The largest absolute Gasteiger partial charge is 0.484 e. The van der Waals surface area contributed by atoms with Crippen molar-refractivity contribution >= 4 is 29.3 Å². The van der Waals surface area contributed by atoms with E-state index >= 15 is 0 Å². The van der Waals surface area contributed by atoms with Crippen molar-refractivity contribution < 1.29 is 18.7 Å². The second-order valence-corrected chi connectivity index (χ2v) is 6.99. The van der Waals surface area contributed by atoms with Gasteiger partial charge in [0.05, 0.1) is 5.75 Å². The Hall–Kier alpha value is -3.33. The number of carbonyl (C=O) groups excluding carboxylic acids is 2. The van der Waals surface area contributed by atoms with Crippen LogP contribution in [0.5, 0.6) is 5.75 Å². The van der Waals surface area contributed by atoms with Gasteiger partial charge in [-0.1, -0.05) is 30.0 Å². The molecule has 0 fully saturated rings. The fourth-order valence-corrected chi connectivity index (χ4v) is 2.99. The van der Waals surface area contributed by atoms with Crippen LogP contribution in [0, 0.1) is 6.92 Å². The summed E-state index contributed by atoms with van der Waals surface area (Å²) in [5.74, 6) is 0.662. The zero-order chi connectivity index (χ0) is 20.6. The maximum Gasteiger partial charge on any atom is 0.277 e. The third-order valence-corrected chi connectivity index (χ3v) is 4.58. The smallest absolute Gasteiger partial charge is 0.277 e. The third kappa shape index (κ3) is 6.08. The molecule has 0 aliphatic carbocycles. The van der Waals surface area contributed by atoms with Crippen molar-refractivity contribution in [2.24, 2.45) is 0 Å². The molecule has 0 unspecified atom stereocenters. The molecule has 0 aliphatic heterocycles. The van der Waals surface area contributed by atoms with Gasteiger partial charge in [0.2, 0.25) is 5.91 Å². The number of anilines is 1. The van der Waals surface area contributed by atoms with Crippen LogP contribution in [0.2, 0.25) is 0 Å². The van der Waals surface area contributed by atoms with Crippen molar-refractivity contribution in [1.82, 2.24) is 15.5 Å². The van der Waals surface area contributed by atoms with Gasteiger partial charge in [-0.15, -0.1) is 10.2 Å². The molecule has 0 radical (unpaired) electrons. The van der Waals surface area contributed by atoms with Gasteiger partial charge in [0.1, 0.15) is 5.75 Å². The van der Waals surface area contributed by atoms with Crippen LogP contribution in [0.1, 0.15) is 21.8 Å². The molecule has 29 heavy (non-hydrogen) atoms. The molecule has 3 rings (SSSR count). The molecule has 150 valence electrons. The first-order valence-corrected chi connectivity index (χ1v) is 9.78. The number of hydrogen-bond donors (Lipinski definition) is 2. The van der Waals surface area contributed by atoms with Gasteiger partial charge < -0.3 is 19.8 Å². The zero-order valence-corrected chi connectivity index (χ0v) is 16.8. The maximum atomic E-state index is 12.1. The van der Waals surface area contributed by atoms with Crippen molar-refractivity contribution in [1.29, 1.82) is 0 Å². The molecule has 8 nitrogen and oxygen atoms in total. The van der Waals surface area contributed by atoms with Crippen LogP contribution >= 0.6 is 11.8 Å². The number of amides is 2. The standard InChI is InChI=1S/C20H20N4O4S/c1-13-5-3-8-16(9-13)27-11-18-23-24-20(28-18)29-12-17(25)22-15-7-4-6-14(10-15)19(26)21-2/h3-10H,11-12H2,1-2H3,(H,21,26)(H,22,25). The lowest BCUT2D eigenvalue weighted by atomic mass is 10.2. The minimum atomic E-state index is -0.250. The molecule has 1 aromatic heterocycles. The van der Waals surface area contributed by atoms with E-state index in [0.29, 0.717) is 17.1 Å². The Morgan fingerprint density at radius 2 is 1.97 bits per heavy atom. The van der Waals surface area contributed by atoms with Gasteiger partial charge in [-0.3, -0.25) is 9.59 Å². The maximum absolute atomic E-state index is 12.1. The van der Waals surface area contributed by atoms with Crippen molar-refractivity contribution in [2.75, 3.05) is 18.1 Å². The van der Waals surface area contributed by atoms with Gasteiger partial charge in [-0.25, -0.2) is 0 Å². The van der Waals surface area contributed by atoms with Gasteiger partial charge >= 0.3 is 0 Å². The summed E-state index contributed by atoms with van der Waals surface area (Å²) in [5, 5.41) is 13.4. The number of hydrogen-bond acceptors (Lipinski definition) is 7. The number of nitrogens with one attached hydrogen (secondary N) is 2. The van der Waals surface area contributed by atoms with E-state index in [4.69, 9.17) is 9.15 Å². The summed E-state index contributed by atoms with van der Waals surface area (Å²) in [6, 6.07) is 14.3. The highest BCUT2D eigenvalue weighted by atomic mass is 32.2. The van der Waals surface area contributed by atoms with E-state index in [1.54, 1.807) is 31.3 Å². The lowest BCUT2D eigenvalue weighted by molar-refractivity contribution is -0.113. The normalized spacial score (nSPS) is 10.4. The highest BCUT2D eigenvalue weighted by molar-refractivity contribution is 7.99. The summed E-state index contributed by atoms with van der Waals surface area (Å²) in [4.78, 5) is 23.8. The van der Waals surface area contributed by atoms with Gasteiger partial charge in [-0.2, -0.15) is 0 Å². The minimum absolute atomic E-state index is 0.0879. The van der Waals surface area contributed by atoms with Gasteiger partial charge in [0.15, 0.2) is 6.61 Å². The monoisotopic (exact) mass is 412 g/mol. The van der Waals surface area contributed by atoms with E-state index in [2.05, 4.69) is 20.8 Å². The highest BCUT2D eigenvalue weighted by Crippen LogP contribution is 2.19. The van der Waals surface area contributed by atoms with E-state index in [9.17, 15) is 9.59 Å². The number of thioether (sulfide) groups is 1. The molecular weight excluding hydrogens is 392 g/mol. The van der Waals surface area contributed by atoms with E-state index in [-0.39, 0.29) is 29.4 Å². The summed E-state index contributed by atoms with van der Waals surface area (Å²) >= 11 is 1.12. The average Bonchev–Trinajstić information content (AvgIpc) is 3.18. The first-order chi connectivity index (χ1) is 14.0. The predicted molar refractivity (Wildman–Crippen MR) is 109 cm³/mol. The Kier molecular flexibility index (Phi) is 6.85. The molecule has 0 aliphatic rings. The molecule has 0 atom stereocenters. The van der Waals surface area contributed by atoms with Crippen molar-refractivity contribution in [3.63, 3.8) is 0 Å². The minimum Gasteiger partial charge on any atom is -0.484 e. The van der Waals surface area contributed by atoms with Crippen LogP contribution in [0.3, 0.4) is 0 Å². The predicted octanol–water partition coefficient (Wildman–Crippen LogP) is 3.05. The number of nitrogens with zero attached hydrogens (tertiary/aromatic N) is 2. The SMILES string of the molecule is CNC(=O)c1cccc(NC(=O)CSc2nnc(COc3cccc(C)c3)o2)c1. The molecule has 0 saturated heterocycles. The number of aromatic nitrogens is 2. The summed E-state index contributed by atoms with van der Waals surface area (Å²) in [6.45, 7) is 2.13. The summed E-state index contributed by atoms with van der Waals surface area (Å²) in [6.07, 6.45) is 0. The molecule has 2 N–H and O–H groups in total. The van der Waals surface area contributed by atoms with Crippen molar-refractivity contribution in [3.8, 4) is 5.75 Å². The molecule has 0 bridgehead atoms. The van der Waals surface area contributed by atoms with E-state index in [1.807, 2.05) is 31.2 Å². The molecule has 9 heteroatoms. The van der Waals surface area contributed by atoms with E-state index in [1.165, 1.54) is 0 Å². The second-order valence-electron chi connectivity index (χ2n) is 6.06. The fourth-order valence-electron chi connectivity index (χ4n) is 2.41. The van der Waals surface area contributed by atoms with Crippen LogP contribution in [-0.4, -0.2) is 34.8 Å².